The Bertz CT molecular complexity index is 494. The molecule has 0 aliphatic carbocycles. The number of alkyl halides is 1. The van der Waals surface area contributed by atoms with Crippen molar-refractivity contribution in [1.82, 2.24) is 4.31 Å². The lowest BCUT2D eigenvalue weighted by Crippen LogP contribution is -2.33. The van der Waals surface area contributed by atoms with Gasteiger partial charge in [-0.15, -0.1) is 0 Å². The van der Waals surface area contributed by atoms with Gasteiger partial charge in [0, 0.05) is 18.4 Å². The molecule has 1 aromatic rings. The predicted molar refractivity (Wildman–Crippen MR) is 78.8 cm³/mol. The average molecular weight is 334 g/mol. The number of hydrogen-bond donors (Lipinski definition) is 0. The highest BCUT2D eigenvalue weighted by Gasteiger charge is 2.24. The Labute approximate surface area is 118 Å². The molecule has 0 saturated heterocycles. The van der Waals surface area contributed by atoms with Crippen molar-refractivity contribution in [3.8, 4) is 0 Å². The average Bonchev–Trinajstić information content (AvgIpc) is 2.32. The van der Waals surface area contributed by atoms with Crippen LogP contribution in [-0.4, -0.2) is 31.1 Å². The van der Waals surface area contributed by atoms with Crippen molar-refractivity contribution >= 4 is 26.0 Å². The summed E-state index contributed by atoms with van der Waals surface area (Å²) in [5, 5.41) is 0.650. The number of rotatable bonds is 6. The zero-order valence-electron chi connectivity index (χ0n) is 11.1. The van der Waals surface area contributed by atoms with E-state index in [1.54, 1.807) is 10.4 Å². The molecule has 0 saturated carbocycles. The summed E-state index contributed by atoms with van der Waals surface area (Å²) >= 11 is 3.31. The van der Waals surface area contributed by atoms with Crippen LogP contribution in [0.15, 0.2) is 23.1 Å². The van der Waals surface area contributed by atoms with Gasteiger partial charge in [-0.25, -0.2) is 8.42 Å². The number of hydrogen-bond acceptors (Lipinski definition) is 2. The second-order valence-electron chi connectivity index (χ2n) is 4.36. The molecule has 0 bridgehead atoms. The van der Waals surface area contributed by atoms with Crippen molar-refractivity contribution in [3.05, 3.63) is 29.3 Å². The van der Waals surface area contributed by atoms with Crippen LogP contribution in [0, 0.1) is 13.8 Å². The SMILES string of the molecule is CCCN(CCBr)S(=O)(=O)c1cc(C)ccc1C. The Hall–Kier alpha value is -0.390. The van der Waals surface area contributed by atoms with Gasteiger partial charge in [-0.05, 0) is 37.5 Å². The van der Waals surface area contributed by atoms with Crippen molar-refractivity contribution in [1.29, 1.82) is 0 Å². The molecular weight excluding hydrogens is 314 g/mol. The summed E-state index contributed by atoms with van der Waals surface area (Å²) in [6.45, 7) is 6.79. The quantitative estimate of drug-likeness (QED) is 0.750. The van der Waals surface area contributed by atoms with Gasteiger partial charge in [0.05, 0.1) is 4.90 Å². The molecule has 0 aliphatic rings. The molecule has 1 rings (SSSR count). The topological polar surface area (TPSA) is 37.4 Å². The lowest BCUT2D eigenvalue weighted by atomic mass is 10.2. The molecule has 0 fully saturated rings. The second-order valence-corrected chi connectivity index (χ2v) is 7.06. The number of nitrogens with zero attached hydrogens (tertiary/aromatic N) is 1. The molecule has 0 N–H and O–H groups in total. The van der Waals surface area contributed by atoms with E-state index in [1.807, 2.05) is 32.9 Å². The van der Waals surface area contributed by atoms with E-state index in [0.29, 0.717) is 23.3 Å². The molecule has 0 radical (unpaired) electrons. The second kappa shape index (κ2) is 6.68. The fourth-order valence-corrected chi connectivity index (χ4v) is 4.33. The fourth-order valence-electron chi connectivity index (χ4n) is 1.82. The largest absolute Gasteiger partial charge is 0.243 e. The molecule has 0 aromatic heterocycles. The molecule has 0 heterocycles. The van der Waals surface area contributed by atoms with Gasteiger partial charge >= 0.3 is 0 Å². The van der Waals surface area contributed by atoms with E-state index in [-0.39, 0.29) is 0 Å². The van der Waals surface area contributed by atoms with Crippen molar-refractivity contribution in [3.63, 3.8) is 0 Å². The van der Waals surface area contributed by atoms with Crippen LogP contribution in [0.3, 0.4) is 0 Å². The van der Waals surface area contributed by atoms with Gasteiger partial charge in [-0.3, -0.25) is 0 Å². The van der Waals surface area contributed by atoms with Crippen LogP contribution in [0.4, 0.5) is 0 Å². The van der Waals surface area contributed by atoms with Crippen LogP contribution < -0.4 is 0 Å². The van der Waals surface area contributed by atoms with Crippen LogP contribution >= 0.6 is 15.9 Å². The fraction of sp³-hybridized carbons (Fsp3) is 0.538. The van der Waals surface area contributed by atoms with E-state index >= 15 is 0 Å². The van der Waals surface area contributed by atoms with Gasteiger partial charge in [-0.2, -0.15) is 4.31 Å². The Kier molecular flexibility index (Phi) is 5.82. The molecule has 0 spiro atoms. The van der Waals surface area contributed by atoms with Crippen molar-refractivity contribution in [2.45, 2.75) is 32.1 Å². The molecule has 5 heteroatoms. The molecule has 0 aliphatic heterocycles. The third-order valence-electron chi connectivity index (χ3n) is 2.77. The number of halogens is 1. The Morgan fingerprint density at radius 1 is 1.22 bits per heavy atom. The maximum Gasteiger partial charge on any atom is 0.243 e. The first kappa shape index (κ1) is 15.7. The van der Waals surface area contributed by atoms with E-state index in [1.165, 1.54) is 0 Å². The Balaban J connectivity index is 3.21. The molecule has 0 amide bonds. The monoisotopic (exact) mass is 333 g/mol. The van der Waals surface area contributed by atoms with Gasteiger partial charge < -0.3 is 0 Å². The minimum atomic E-state index is -3.38. The first-order valence-corrected chi connectivity index (χ1v) is 8.63. The molecule has 1 aromatic carbocycles. The van der Waals surface area contributed by atoms with E-state index in [4.69, 9.17) is 0 Å². The van der Waals surface area contributed by atoms with Crippen LogP contribution in [0.25, 0.3) is 0 Å². The maximum absolute atomic E-state index is 12.6. The standard InChI is InChI=1S/C13H20BrNO2S/c1-4-8-15(9-7-14)18(16,17)13-10-11(2)5-6-12(13)3/h5-6,10H,4,7-9H2,1-3H3. The minimum Gasteiger partial charge on any atom is -0.207 e. The summed E-state index contributed by atoms with van der Waals surface area (Å²) in [6, 6.07) is 5.55. The van der Waals surface area contributed by atoms with E-state index in [0.717, 1.165) is 17.5 Å². The Morgan fingerprint density at radius 2 is 1.89 bits per heavy atom. The highest BCUT2D eigenvalue weighted by molar-refractivity contribution is 9.09. The molecular formula is C13H20BrNO2S. The van der Waals surface area contributed by atoms with Gasteiger partial charge in [0.1, 0.15) is 0 Å². The third-order valence-corrected chi connectivity index (χ3v) is 5.16. The predicted octanol–water partition coefficient (Wildman–Crippen LogP) is 3.10. The first-order chi connectivity index (χ1) is 8.43. The van der Waals surface area contributed by atoms with Gasteiger partial charge in [0.2, 0.25) is 10.0 Å². The molecule has 102 valence electrons. The lowest BCUT2D eigenvalue weighted by Gasteiger charge is -2.22. The number of benzene rings is 1. The molecule has 3 nitrogen and oxygen atoms in total. The summed E-state index contributed by atoms with van der Waals surface area (Å²) in [5.74, 6) is 0. The summed E-state index contributed by atoms with van der Waals surface area (Å²) < 4.78 is 26.7. The molecule has 0 unspecified atom stereocenters. The lowest BCUT2D eigenvalue weighted by molar-refractivity contribution is 0.430. The van der Waals surface area contributed by atoms with Gasteiger partial charge in [-0.1, -0.05) is 35.0 Å². The maximum atomic E-state index is 12.6. The van der Waals surface area contributed by atoms with E-state index < -0.39 is 10.0 Å². The van der Waals surface area contributed by atoms with Crippen LogP contribution in [0.5, 0.6) is 0 Å². The van der Waals surface area contributed by atoms with Crippen LogP contribution in [0.2, 0.25) is 0 Å². The zero-order chi connectivity index (χ0) is 13.8. The number of aryl methyl sites for hydroxylation is 2. The van der Waals surface area contributed by atoms with Crippen molar-refractivity contribution in [2.75, 3.05) is 18.4 Å². The summed E-state index contributed by atoms with van der Waals surface area (Å²) in [4.78, 5) is 0.428. The highest BCUT2D eigenvalue weighted by Crippen LogP contribution is 2.21. The van der Waals surface area contributed by atoms with Gasteiger partial charge in [0.25, 0.3) is 0 Å². The first-order valence-electron chi connectivity index (χ1n) is 6.06. The van der Waals surface area contributed by atoms with Crippen molar-refractivity contribution < 1.29 is 8.42 Å². The van der Waals surface area contributed by atoms with Crippen molar-refractivity contribution in [2.24, 2.45) is 0 Å². The molecule has 18 heavy (non-hydrogen) atoms. The Morgan fingerprint density at radius 3 is 2.44 bits per heavy atom. The normalized spacial score (nSPS) is 12.1. The third kappa shape index (κ3) is 3.56. The minimum absolute atomic E-state index is 0.428. The number of sulfonamides is 1. The van der Waals surface area contributed by atoms with Crippen LogP contribution in [0.1, 0.15) is 24.5 Å². The van der Waals surface area contributed by atoms with E-state index in [2.05, 4.69) is 15.9 Å². The smallest absolute Gasteiger partial charge is 0.207 e. The summed E-state index contributed by atoms with van der Waals surface area (Å²) in [7, 11) is -3.38. The summed E-state index contributed by atoms with van der Waals surface area (Å²) in [6.07, 6.45) is 0.817. The van der Waals surface area contributed by atoms with Gasteiger partial charge in [0.15, 0.2) is 0 Å². The highest BCUT2D eigenvalue weighted by atomic mass is 79.9. The van der Waals surface area contributed by atoms with Crippen LogP contribution in [-0.2, 0) is 10.0 Å². The van der Waals surface area contributed by atoms with E-state index in [9.17, 15) is 8.42 Å². The zero-order valence-corrected chi connectivity index (χ0v) is 13.5. The molecule has 0 atom stereocenters. The summed E-state index contributed by atoms with van der Waals surface area (Å²) in [5.41, 5.74) is 1.77.